The van der Waals surface area contributed by atoms with E-state index in [1.807, 2.05) is 39.1 Å². The highest BCUT2D eigenvalue weighted by Gasteiger charge is 2.17. The van der Waals surface area contributed by atoms with Crippen LogP contribution in [0.4, 0.5) is 0 Å². The summed E-state index contributed by atoms with van der Waals surface area (Å²) in [4.78, 5) is 0. The van der Waals surface area contributed by atoms with Gasteiger partial charge in [0.2, 0.25) is 0 Å². The largest absolute Gasteiger partial charge is 0.494 e. The highest BCUT2D eigenvalue weighted by atomic mass is 16.5. The first-order valence-electron chi connectivity index (χ1n) is 6.83. The Morgan fingerprint density at radius 2 is 2.00 bits per heavy atom. The lowest BCUT2D eigenvalue weighted by Gasteiger charge is -2.21. The van der Waals surface area contributed by atoms with E-state index in [2.05, 4.69) is 33.8 Å². The molecule has 1 heterocycles. The van der Waals surface area contributed by atoms with Crippen molar-refractivity contribution in [3.8, 4) is 5.75 Å². The van der Waals surface area contributed by atoms with Crippen molar-refractivity contribution in [3.05, 3.63) is 35.7 Å². The summed E-state index contributed by atoms with van der Waals surface area (Å²) in [6.45, 7) is 6.80. The molecule has 2 rings (SSSR count). The van der Waals surface area contributed by atoms with Crippen molar-refractivity contribution < 1.29 is 4.74 Å². The van der Waals surface area contributed by atoms with Gasteiger partial charge in [-0.05, 0) is 37.3 Å². The number of hydrogen-bond donors (Lipinski definition) is 1. The highest BCUT2D eigenvalue weighted by molar-refractivity contribution is 5.35. The van der Waals surface area contributed by atoms with Crippen molar-refractivity contribution in [2.45, 2.75) is 32.9 Å². The van der Waals surface area contributed by atoms with Gasteiger partial charge in [-0.2, -0.15) is 0 Å². The van der Waals surface area contributed by atoms with Crippen LogP contribution in [0, 0.1) is 0 Å². The molecule has 0 spiro atoms. The number of para-hydroxylation sites is 1. The van der Waals surface area contributed by atoms with Crippen molar-refractivity contribution in [1.29, 1.82) is 0 Å². The first-order valence-corrected chi connectivity index (χ1v) is 6.83. The highest BCUT2D eigenvalue weighted by Crippen LogP contribution is 2.26. The van der Waals surface area contributed by atoms with Crippen LogP contribution in [0.5, 0.6) is 5.75 Å². The third kappa shape index (κ3) is 3.14. The standard InChI is InChI=1S/C14H21N5O/c1-5-20-13-9-7-6-8-12(13)10(2)15-11(3)14-16-17-18-19(14)4/h6-11,15H,5H2,1-4H3/t10-,11+/m1/s1. The van der Waals surface area contributed by atoms with Gasteiger partial charge < -0.3 is 10.1 Å². The zero-order valence-electron chi connectivity index (χ0n) is 12.4. The van der Waals surface area contributed by atoms with E-state index in [4.69, 9.17) is 4.74 Å². The van der Waals surface area contributed by atoms with E-state index in [1.165, 1.54) is 0 Å². The Kier molecular flexibility index (Phi) is 4.68. The third-order valence-corrected chi connectivity index (χ3v) is 3.23. The van der Waals surface area contributed by atoms with E-state index < -0.39 is 0 Å². The summed E-state index contributed by atoms with van der Waals surface area (Å²) in [5.41, 5.74) is 1.14. The number of nitrogens with one attached hydrogen (secondary N) is 1. The second kappa shape index (κ2) is 6.47. The molecule has 1 aromatic heterocycles. The fourth-order valence-electron chi connectivity index (χ4n) is 2.27. The van der Waals surface area contributed by atoms with Crippen LogP contribution in [0.1, 0.15) is 44.2 Å². The van der Waals surface area contributed by atoms with Gasteiger partial charge in [0.25, 0.3) is 0 Å². The lowest BCUT2D eigenvalue weighted by Crippen LogP contribution is -2.25. The van der Waals surface area contributed by atoms with E-state index in [-0.39, 0.29) is 12.1 Å². The Morgan fingerprint density at radius 1 is 1.25 bits per heavy atom. The molecule has 2 atom stereocenters. The van der Waals surface area contributed by atoms with Gasteiger partial charge in [-0.1, -0.05) is 18.2 Å². The van der Waals surface area contributed by atoms with E-state index in [0.717, 1.165) is 17.1 Å². The van der Waals surface area contributed by atoms with E-state index in [9.17, 15) is 0 Å². The molecule has 6 nitrogen and oxygen atoms in total. The quantitative estimate of drug-likeness (QED) is 0.873. The fourth-order valence-corrected chi connectivity index (χ4v) is 2.27. The Labute approximate surface area is 119 Å². The molecule has 1 N–H and O–H groups in total. The molecule has 6 heteroatoms. The van der Waals surface area contributed by atoms with Crippen LogP contribution < -0.4 is 10.1 Å². The Morgan fingerprint density at radius 3 is 2.65 bits per heavy atom. The molecule has 0 saturated heterocycles. The minimum Gasteiger partial charge on any atom is -0.494 e. The Bertz CT molecular complexity index is 554. The average Bonchev–Trinajstić information content (AvgIpc) is 2.86. The molecule has 0 bridgehead atoms. The molecule has 20 heavy (non-hydrogen) atoms. The van der Waals surface area contributed by atoms with E-state index in [1.54, 1.807) is 4.68 Å². The predicted molar refractivity (Wildman–Crippen MR) is 76.4 cm³/mol. The van der Waals surface area contributed by atoms with E-state index in [0.29, 0.717) is 6.61 Å². The van der Waals surface area contributed by atoms with Crippen molar-refractivity contribution >= 4 is 0 Å². The van der Waals surface area contributed by atoms with Gasteiger partial charge in [-0.25, -0.2) is 4.68 Å². The SMILES string of the molecule is CCOc1ccccc1[C@@H](C)N[C@@H](C)c1nnnn1C. The summed E-state index contributed by atoms with van der Waals surface area (Å²) in [7, 11) is 1.84. The zero-order chi connectivity index (χ0) is 14.5. The zero-order valence-corrected chi connectivity index (χ0v) is 12.4. The van der Waals surface area contributed by atoms with Gasteiger partial charge in [0, 0.05) is 18.7 Å². The lowest BCUT2D eigenvalue weighted by molar-refractivity contribution is 0.330. The molecule has 0 fully saturated rings. The molecule has 0 unspecified atom stereocenters. The number of tetrazole rings is 1. The van der Waals surface area contributed by atoms with Crippen molar-refractivity contribution in [3.63, 3.8) is 0 Å². The van der Waals surface area contributed by atoms with Gasteiger partial charge in [0.1, 0.15) is 5.75 Å². The minimum atomic E-state index is 0.0553. The van der Waals surface area contributed by atoms with Crippen molar-refractivity contribution in [2.24, 2.45) is 7.05 Å². The second-order valence-corrected chi connectivity index (χ2v) is 4.74. The molecule has 0 radical (unpaired) electrons. The number of aryl methyl sites for hydroxylation is 1. The molecule has 0 aliphatic carbocycles. The first-order chi connectivity index (χ1) is 9.63. The van der Waals surface area contributed by atoms with Crippen LogP contribution in [0.15, 0.2) is 24.3 Å². The van der Waals surface area contributed by atoms with Gasteiger partial charge in [0.15, 0.2) is 5.82 Å². The van der Waals surface area contributed by atoms with Crippen molar-refractivity contribution in [2.75, 3.05) is 6.61 Å². The first kappa shape index (κ1) is 14.5. The molecule has 0 amide bonds. The monoisotopic (exact) mass is 275 g/mol. The average molecular weight is 275 g/mol. The van der Waals surface area contributed by atoms with Crippen LogP contribution in [-0.2, 0) is 7.05 Å². The number of benzene rings is 1. The third-order valence-electron chi connectivity index (χ3n) is 3.23. The molecular weight excluding hydrogens is 254 g/mol. The minimum absolute atomic E-state index is 0.0553. The van der Waals surface area contributed by atoms with Crippen LogP contribution in [-0.4, -0.2) is 26.8 Å². The molecular formula is C14H21N5O. The number of aromatic nitrogens is 4. The maximum absolute atomic E-state index is 5.67. The molecule has 0 aliphatic heterocycles. The number of hydrogen-bond acceptors (Lipinski definition) is 5. The lowest BCUT2D eigenvalue weighted by atomic mass is 10.1. The van der Waals surface area contributed by atoms with Gasteiger partial charge >= 0.3 is 0 Å². The molecule has 0 aliphatic rings. The predicted octanol–water partition coefficient (Wildman–Crippen LogP) is 2.02. The van der Waals surface area contributed by atoms with E-state index >= 15 is 0 Å². The van der Waals surface area contributed by atoms with Gasteiger partial charge in [-0.15, -0.1) is 5.10 Å². The maximum atomic E-state index is 5.67. The second-order valence-electron chi connectivity index (χ2n) is 4.74. The maximum Gasteiger partial charge on any atom is 0.167 e. The Hall–Kier alpha value is -1.95. The summed E-state index contributed by atoms with van der Waals surface area (Å²) in [5, 5.41) is 15.0. The fraction of sp³-hybridized carbons (Fsp3) is 0.500. The van der Waals surface area contributed by atoms with Crippen LogP contribution in [0.3, 0.4) is 0 Å². The number of nitrogens with zero attached hydrogens (tertiary/aromatic N) is 4. The molecule has 1 aromatic carbocycles. The van der Waals surface area contributed by atoms with Gasteiger partial charge in [-0.3, -0.25) is 0 Å². The molecule has 2 aromatic rings. The number of ether oxygens (including phenoxy) is 1. The number of rotatable bonds is 6. The van der Waals surface area contributed by atoms with Crippen LogP contribution >= 0.6 is 0 Å². The normalized spacial score (nSPS) is 14.0. The Balaban J connectivity index is 2.12. The van der Waals surface area contributed by atoms with Gasteiger partial charge in [0.05, 0.1) is 12.6 Å². The summed E-state index contributed by atoms with van der Waals surface area (Å²) in [6, 6.07) is 8.27. The topological polar surface area (TPSA) is 64.9 Å². The summed E-state index contributed by atoms with van der Waals surface area (Å²) in [5.74, 6) is 1.73. The molecule has 0 saturated carbocycles. The van der Waals surface area contributed by atoms with Crippen LogP contribution in [0.2, 0.25) is 0 Å². The van der Waals surface area contributed by atoms with Crippen LogP contribution in [0.25, 0.3) is 0 Å². The smallest absolute Gasteiger partial charge is 0.167 e. The summed E-state index contributed by atoms with van der Waals surface area (Å²) < 4.78 is 7.35. The van der Waals surface area contributed by atoms with Crippen molar-refractivity contribution in [1.82, 2.24) is 25.5 Å². The summed E-state index contributed by atoms with van der Waals surface area (Å²) in [6.07, 6.45) is 0. The summed E-state index contributed by atoms with van der Waals surface area (Å²) >= 11 is 0. The molecule has 108 valence electrons.